The fourth-order valence-corrected chi connectivity index (χ4v) is 5.59. The largest absolute Gasteiger partial charge is 0.469 e. The maximum atomic E-state index is 13.0. The van der Waals surface area contributed by atoms with E-state index in [1.54, 1.807) is 11.8 Å². The number of para-hydroxylation sites is 2. The van der Waals surface area contributed by atoms with Gasteiger partial charge in [-0.15, -0.1) is 11.8 Å². The number of hydrogen-bond acceptors (Lipinski definition) is 4. The first-order valence-electron chi connectivity index (χ1n) is 9.77. The van der Waals surface area contributed by atoms with Crippen LogP contribution in [-0.4, -0.2) is 23.0 Å². The topological polar surface area (TPSA) is 55.0 Å². The average Bonchev–Trinajstić information content (AvgIpc) is 3.43. The zero-order valence-electron chi connectivity index (χ0n) is 16.4. The Morgan fingerprint density at radius 1 is 0.967 bits per heavy atom. The second kappa shape index (κ2) is 7.50. The third-order valence-electron chi connectivity index (χ3n) is 5.48. The van der Waals surface area contributed by atoms with Crippen molar-refractivity contribution in [2.24, 2.45) is 5.92 Å². The molecule has 1 aliphatic heterocycles. The number of H-pyrrole nitrogens is 1. The Morgan fingerprint density at radius 2 is 1.63 bits per heavy atom. The monoisotopic (exact) mass is 412 g/mol. The maximum Gasteiger partial charge on any atom is 0.314 e. The van der Waals surface area contributed by atoms with Crippen LogP contribution in [-0.2, 0) is 14.3 Å². The molecule has 0 aliphatic carbocycles. The highest BCUT2D eigenvalue weighted by Crippen LogP contribution is 2.59. The lowest BCUT2D eigenvalue weighted by Crippen LogP contribution is -2.36. The standard InChI is InChI=1S/C25H20N2O2S/c1-29-23(28)19-16-22(17-10-4-2-5-11-17)30-25(19,18-12-6-3-7-13-18)24-26-20-14-8-9-15-21(20)27-24/h2-16,19H,1H3,(H,26,27)/t19-,25+/m0/s1. The van der Waals surface area contributed by atoms with E-state index in [0.717, 1.165) is 32.9 Å². The van der Waals surface area contributed by atoms with Crippen molar-refractivity contribution < 1.29 is 9.53 Å². The van der Waals surface area contributed by atoms with Crippen molar-refractivity contribution in [1.82, 2.24) is 9.97 Å². The molecule has 148 valence electrons. The van der Waals surface area contributed by atoms with Gasteiger partial charge in [0.05, 0.1) is 18.1 Å². The van der Waals surface area contributed by atoms with Crippen molar-refractivity contribution in [2.75, 3.05) is 7.11 Å². The molecule has 5 heteroatoms. The van der Waals surface area contributed by atoms with Crippen molar-refractivity contribution in [1.29, 1.82) is 0 Å². The van der Waals surface area contributed by atoms with Crippen LogP contribution in [0.4, 0.5) is 0 Å². The molecule has 4 nitrogen and oxygen atoms in total. The lowest BCUT2D eigenvalue weighted by atomic mass is 9.84. The van der Waals surface area contributed by atoms with Gasteiger partial charge in [-0.1, -0.05) is 78.9 Å². The van der Waals surface area contributed by atoms with Crippen LogP contribution in [0.1, 0.15) is 17.0 Å². The Bertz CT molecular complexity index is 1200. The number of methoxy groups -OCH3 is 1. The van der Waals surface area contributed by atoms with Crippen molar-refractivity contribution in [3.8, 4) is 0 Å². The van der Waals surface area contributed by atoms with Gasteiger partial charge in [0.1, 0.15) is 16.5 Å². The number of nitrogens with zero attached hydrogens (tertiary/aromatic N) is 1. The van der Waals surface area contributed by atoms with Crippen LogP contribution < -0.4 is 0 Å². The quantitative estimate of drug-likeness (QED) is 0.457. The van der Waals surface area contributed by atoms with Crippen molar-refractivity contribution in [3.05, 3.63) is 108 Å². The molecule has 3 aromatic carbocycles. The van der Waals surface area contributed by atoms with Gasteiger partial charge in [0.2, 0.25) is 0 Å². The van der Waals surface area contributed by atoms with Crippen LogP contribution in [0.3, 0.4) is 0 Å². The van der Waals surface area contributed by atoms with Gasteiger partial charge in [0.25, 0.3) is 0 Å². The van der Waals surface area contributed by atoms with Crippen LogP contribution in [0.25, 0.3) is 15.9 Å². The van der Waals surface area contributed by atoms with Gasteiger partial charge < -0.3 is 9.72 Å². The average molecular weight is 413 g/mol. The van der Waals surface area contributed by atoms with Gasteiger partial charge in [0, 0.05) is 4.91 Å². The highest BCUT2D eigenvalue weighted by Gasteiger charge is 2.53. The number of benzene rings is 3. The number of nitrogens with one attached hydrogen (secondary N) is 1. The van der Waals surface area contributed by atoms with Crippen molar-refractivity contribution in [3.63, 3.8) is 0 Å². The number of aromatic amines is 1. The zero-order valence-corrected chi connectivity index (χ0v) is 17.2. The zero-order chi connectivity index (χ0) is 20.6. The third-order valence-corrected chi connectivity index (χ3v) is 7.08. The molecule has 5 rings (SSSR count). The first kappa shape index (κ1) is 18.7. The molecule has 0 saturated heterocycles. The normalized spacial score (nSPS) is 20.8. The number of esters is 1. The minimum Gasteiger partial charge on any atom is -0.469 e. The van der Waals surface area contributed by atoms with Crippen LogP contribution in [0.5, 0.6) is 0 Å². The molecule has 2 atom stereocenters. The Hall–Kier alpha value is -3.31. The number of aromatic nitrogens is 2. The summed E-state index contributed by atoms with van der Waals surface area (Å²) < 4.78 is 4.50. The summed E-state index contributed by atoms with van der Waals surface area (Å²) in [5.74, 6) is -0.0547. The number of carbonyl (C=O) groups excluding carboxylic acids is 1. The van der Waals surface area contributed by atoms with Crippen LogP contribution in [0.15, 0.2) is 91.0 Å². The van der Waals surface area contributed by atoms with E-state index in [1.807, 2.05) is 66.7 Å². The highest BCUT2D eigenvalue weighted by atomic mass is 32.2. The molecule has 0 radical (unpaired) electrons. The minimum atomic E-state index is -0.751. The van der Waals surface area contributed by atoms with Gasteiger partial charge in [-0.2, -0.15) is 0 Å². The van der Waals surface area contributed by atoms with Crippen molar-refractivity contribution >= 4 is 33.7 Å². The molecule has 0 fully saturated rings. The smallest absolute Gasteiger partial charge is 0.314 e. The summed E-state index contributed by atoms with van der Waals surface area (Å²) in [4.78, 5) is 22.5. The number of rotatable bonds is 4. The van der Waals surface area contributed by atoms with E-state index < -0.39 is 10.7 Å². The van der Waals surface area contributed by atoms with E-state index in [9.17, 15) is 4.79 Å². The predicted octanol–water partition coefficient (Wildman–Crippen LogP) is 5.38. The van der Waals surface area contributed by atoms with E-state index in [0.29, 0.717) is 0 Å². The summed E-state index contributed by atoms with van der Waals surface area (Å²) in [6.45, 7) is 0. The third kappa shape index (κ3) is 2.94. The first-order chi connectivity index (χ1) is 14.7. The Morgan fingerprint density at radius 3 is 2.33 bits per heavy atom. The molecule has 4 aromatic rings. The molecule has 30 heavy (non-hydrogen) atoms. The number of fused-ring (bicyclic) bond motifs is 1. The lowest BCUT2D eigenvalue weighted by molar-refractivity contribution is -0.144. The molecule has 1 N–H and O–H groups in total. The molecule has 0 amide bonds. The summed E-state index contributed by atoms with van der Waals surface area (Å²) in [6, 6.07) is 28.1. The number of carbonyl (C=O) groups is 1. The van der Waals surface area contributed by atoms with Crippen LogP contribution in [0.2, 0.25) is 0 Å². The second-order valence-corrected chi connectivity index (χ2v) is 8.49. The molecular formula is C25H20N2O2S. The fourth-order valence-electron chi connectivity index (χ4n) is 4.04. The molecule has 0 bridgehead atoms. The maximum absolute atomic E-state index is 13.0. The summed E-state index contributed by atoms with van der Waals surface area (Å²) in [5, 5.41) is 0. The molecule has 2 heterocycles. The summed E-state index contributed by atoms with van der Waals surface area (Å²) in [5.41, 5.74) is 3.90. The SMILES string of the molecule is COC(=O)[C@@H]1C=C(c2ccccc2)S[C@@]1(c1ccccc1)c1nc2ccccc2[nH]1. The van der Waals surface area contributed by atoms with E-state index in [1.165, 1.54) is 7.11 Å². The minimum absolute atomic E-state index is 0.280. The second-order valence-electron chi connectivity index (χ2n) is 7.20. The highest BCUT2D eigenvalue weighted by molar-refractivity contribution is 8.09. The van der Waals surface area contributed by atoms with E-state index in [4.69, 9.17) is 9.72 Å². The first-order valence-corrected chi connectivity index (χ1v) is 10.6. The van der Waals surface area contributed by atoms with Crippen LogP contribution >= 0.6 is 11.8 Å². The number of thioether (sulfide) groups is 1. The lowest BCUT2D eigenvalue weighted by Gasteiger charge is -2.32. The van der Waals surface area contributed by atoms with Gasteiger partial charge in [-0.25, -0.2) is 4.98 Å². The van der Waals surface area contributed by atoms with Gasteiger partial charge >= 0.3 is 5.97 Å². The fraction of sp³-hybridized carbons (Fsp3) is 0.120. The van der Waals surface area contributed by atoms with Crippen LogP contribution in [0, 0.1) is 5.92 Å². The molecule has 1 aliphatic rings. The van der Waals surface area contributed by atoms with E-state index in [2.05, 4.69) is 29.2 Å². The van der Waals surface area contributed by atoms with Gasteiger partial charge in [-0.3, -0.25) is 4.79 Å². The van der Waals surface area contributed by atoms with E-state index >= 15 is 0 Å². The molecule has 1 aromatic heterocycles. The molecular weight excluding hydrogens is 392 g/mol. The predicted molar refractivity (Wildman–Crippen MR) is 121 cm³/mol. The Balaban J connectivity index is 1.76. The number of hydrogen-bond donors (Lipinski definition) is 1. The summed E-state index contributed by atoms with van der Waals surface area (Å²) in [6.07, 6.45) is 2.02. The van der Waals surface area contributed by atoms with Gasteiger partial charge in [-0.05, 0) is 23.3 Å². The molecule has 0 saturated carbocycles. The number of imidazole rings is 1. The molecule has 0 spiro atoms. The Labute approximate surface area is 179 Å². The molecule has 0 unspecified atom stereocenters. The summed E-state index contributed by atoms with van der Waals surface area (Å²) >= 11 is 1.65. The number of ether oxygens (including phenoxy) is 1. The van der Waals surface area contributed by atoms with E-state index in [-0.39, 0.29) is 5.97 Å². The Kier molecular flexibility index (Phi) is 4.68. The van der Waals surface area contributed by atoms with Crippen molar-refractivity contribution in [2.45, 2.75) is 4.75 Å². The van der Waals surface area contributed by atoms with Gasteiger partial charge in [0.15, 0.2) is 0 Å². The summed E-state index contributed by atoms with van der Waals surface area (Å²) in [7, 11) is 1.44.